The minimum atomic E-state index is -0.961. The molecule has 25 heavy (non-hydrogen) atoms. The summed E-state index contributed by atoms with van der Waals surface area (Å²) in [4.78, 5) is 21.8. The normalized spacial score (nSPS) is 10.2. The molecule has 0 aliphatic rings. The molecule has 2 rings (SSSR count). The van der Waals surface area contributed by atoms with Crippen molar-refractivity contribution in [3.8, 4) is 23.0 Å². The number of aliphatic carboxylic acids is 2. The third kappa shape index (κ3) is 4.87. The van der Waals surface area contributed by atoms with E-state index in [9.17, 15) is 9.59 Å². The Bertz CT molecular complexity index is 717. The second-order valence-corrected chi connectivity index (χ2v) is 5.21. The zero-order valence-corrected chi connectivity index (χ0v) is 13.8. The molecule has 0 saturated heterocycles. The molecule has 0 saturated carbocycles. The van der Waals surface area contributed by atoms with Crippen LogP contribution in [0.4, 0.5) is 0 Å². The van der Waals surface area contributed by atoms with Gasteiger partial charge in [-0.25, -0.2) is 0 Å². The van der Waals surface area contributed by atoms with Gasteiger partial charge >= 0.3 is 11.9 Å². The maximum Gasteiger partial charge on any atom is 0.307 e. The number of benzene rings is 2. The van der Waals surface area contributed by atoms with E-state index in [1.807, 2.05) is 0 Å². The average Bonchev–Trinajstić information content (AvgIpc) is 2.54. The van der Waals surface area contributed by atoms with Gasteiger partial charge in [0, 0.05) is 0 Å². The molecule has 0 unspecified atom stereocenters. The Morgan fingerprint density at radius 3 is 1.48 bits per heavy atom. The summed E-state index contributed by atoms with van der Waals surface area (Å²) in [5.74, 6) is -0.465. The molecule has 0 amide bonds. The number of hydrogen-bond acceptors (Lipinski definition) is 5. The second-order valence-electron chi connectivity index (χ2n) is 5.21. The van der Waals surface area contributed by atoms with Crippen molar-refractivity contribution in [2.75, 3.05) is 14.2 Å². The van der Waals surface area contributed by atoms with Gasteiger partial charge in [0.2, 0.25) is 0 Å². The highest BCUT2D eigenvalue weighted by Crippen LogP contribution is 2.37. The Morgan fingerprint density at radius 2 is 1.16 bits per heavy atom. The van der Waals surface area contributed by atoms with Crippen LogP contribution in [0.1, 0.15) is 11.1 Å². The van der Waals surface area contributed by atoms with E-state index in [4.69, 9.17) is 24.4 Å². The van der Waals surface area contributed by atoms with Gasteiger partial charge in [0.15, 0.2) is 23.0 Å². The fourth-order valence-electron chi connectivity index (χ4n) is 2.29. The van der Waals surface area contributed by atoms with Crippen molar-refractivity contribution in [3.63, 3.8) is 0 Å². The first-order chi connectivity index (χ1) is 11.9. The lowest BCUT2D eigenvalue weighted by Gasteiger charge is -2.15. The number of hydrogen-bond donors (Lipinski definition) is 2. The second kappa shape index (κ2) is 8.05. The van der Waals surface area contributed by atoms with Crippen LogP contribution in [0.2, 0.25) is 0 Å². The van der Waals surface area contributed by atoms with Gasteiger partial charge in [0.1, 0.15) is 0 Å². The first kappa shape index (κ1) is 18.1. The lowest BCUT2D eigenvalue weighted by molar-refractivity contribution is -0.137. The number of ether oxygens (including phenoxy) is 3. The van der Waals surface area contributed by atoms with Crippen molar-refractivity contribution >= 4 is 11.9 Å². The summed E-state index contributed by atoms with van der Waals surface area (Å²) in [5.41, 5.74) is 1.09. The van der Waals surface area contributed by atoms with Crippen LogP contribution in [-0.2, 0) is 22.4 Å². The molecule has 0 spiro atoms. The van der Waals surface area contributed by atoms with Gasteiger partial charge in [-0.2, -0.15) is 0 Å². The van der Waals surface area contributed by atoms with Gasteiger partial charge in [-0.1, -0.05) is 12.1 Å². The Kier molecular flexibility index (Phi) is 5.84. The molecule has 0 heterocycles. The molecule has 2 aromatic carbocycles. The Labute approximate surface area is 144 Å². The summed E-state index contributed by atoms with van der Waals surface area (Å²) in [5, 5.41) is 17.9. The highest BCUT2D eigenvalue weighted by atomic mass is 16.5. The van der Waals surface area contributed by atoms with E-state index in [1.165, 1.54) is 14.2 Å². The zero-order valence-electron chi connectivity index (χ0n) is 13.8. The number of carbonyl (C=O) groups is 2. The molecular weight excluding hydrogens is 328 g/mol. The quantitative estimate of drug-likeness (QED) is 0.757. The molecule has 0 aliphatic carbocycles. The van der Waals surface area contributed by atoms with Crippen molar-refractivity contribution in [3.05, 3.63) is 47.5 Å². The first-order valence-corrected chi connectivity index (χ1v) is 7.38. The van der Waals surface area contributed by atoms with Gasteiger partial charge in [-0.3, -0.25) is 9.59 Å². The third-order valence-electron chi connectivity index (χ3n) is 3.39. The molecule has 2 aromatic rings. The van der Waals surface area contributed by atoms with Gasteiger partial charge in [0.05, 0.1) is 27.1 Å². The van der Waals surface area contributed by atoms with Crippen molar-refractivity contribution in [2.24, 2.45) is 0 Å². The first-order valence-electron chi connectivity index (χ1n) is 7.38. The highest BCUT2D eigenvalue weighted by Gasteiger charge is 2.14. The van der Waals surface area contributed by atoms with E-state index >= 15 is 0 Å². The topological polar surface area (TPSA) is 102 Å². The van der Waals surface area contributed by atoms with Crippen molar-refractivity contribution in [1.29, 1.82) is 0 Å². The SMILES string of the molecule is COc1ccc(CC(=O)O)cc1Oc1cc(CC(=O)O)ccc1OC. The Balaban J connectivity index is 2.39. The van der Waals surface area contributed by atoms with Crippen molar-refractivity contribution in [1.82, 2.24) is 0 Å². The molecule has 0 aliphatic heterocycles. The van der Waals surface area contributed by atoms with Gasteiger partial charge < -0.3 is 24.4 Å². The number of carboxylic acids is 2. The van der Waals surface area contributed by atoms with Gasteiger partial charge in [-0.05, 0) is 35.4 Å². The molecule has 0 fully saturated rings. The van der Waals surface area contributed by atoms with Crippen LogP contribution in [0.15, 0.2) is 36.4 Å². The number of methoxy groups -OCH3 is 2. The van der Waals surface area contributed by atoms with Crippen LogP contribution in [0.5, 0.6) is 23.0 Å². The largest absolute Gasteiger partial charge is 0.493 e. The van der Waals surface area contributed by atoms with E-state index in [2.05, 4.69) is 0 Å². The predicted octanol–water partition coefficient (Wildman–Crippen LogP) is 2.75. The van der Waals surface area contributed by atoms with Crippen LogP contribution >= 0.6 is 0 Å². The zero-order chi connectivity index (χ0) is 18.4. The third-order valence-corrected chi connectivity index (χ3v) is 3.39. The molecule has 7 heteroatoms. The summed E-state index contributed by atoms with van der Waals surface area (Å²) in [6.07, 6.45) is -0.312. The molecule has 0 aromatic heterocycles. The van der Waals surface area contributed by atoms with Crippen molar-refractivity contribution in [2.45, 2.75) is 12.8 Å². The van der Waals surface area contributed by atoms with E-state index in [-0.39, 0.29) is 12.8 Å². The molecule has 0 atom stereocenters. The maximum atomic E-state index is 10.9. The summed E-state index contributed by atoms with van der Waals surface area (Å²) in [6, 6.07) is 9.63. The molecule has 7 nitrogen and oxygen atoms in total. The van der Waals surface area contributed by atoms with Crippen LogP contribution in [-0.4, -0.2) is 36.4 Å². The van der Waals surface area contributed by atoms with Crippen LogP contribution in [0, 0.1) is 0 Å². The van der Waals surface area contributed by atoms with E-state index in [0.717, 1.165) is 0 Å². The molecule has 0 bridgehead atoms. The van der Waals surface area contributed by atoms with Crippen LogP contribution in [0.25, 0.3) is 0 Å². The lowest BCUT2D eigenvalue weighted by Crippen LogP contribution is -2.02. The molecule has 2 N–H and O–H groups in total. The van der Waals surface area contributed by atoms with Gasteiger partial charge in [0.25, 0.3) is 0 Å². The van der Waals surface area contributed by atoms with Crippen LogP contribution < -0.4 is 14.2 Å². The fraction of sp³-hybridized carbons (Fsp3) is 0.222. The fourth-order valence-corrected chi connectivity index (χ4v) is 2.29. The average molecular weight is 346 g/mol. The highest BCUT2D eigenvalue weighted by molar-refractivity contribution is 5.71. The smallest absolute Gasteiger partial charge is 0.307 e. The number of rotatable bonds is 8. The van der Waals surface area contributed by atoms with E-state index < -0.39 is 11.9 Å². The minimum absolute atomic E-state index is 0.156. The lowest BCUT2D eigenvalue weighted by atomic mass is 10.1. The molecule has 0 radical (unpaired) electrons. The summed E-state index contributed by atoms with van der Waals surface area (Å²) >= 11 is 0. The molecular formula is C18H18O7. The summed E-state index contributed by atoms with van der Waals surface area (Å²) < 4.78 is 16.3. The maximum absolute atomic E-state index is 10.9. The molecule has 132 valence electrons. The van der Waals surface area contributed by atoms with Crippen molar-refractivity contribution < 1.29 is 34.0 Å². The monoisotopic (exact) mass is 346 g/mol. The standard InChI is InChI=1S/C18H18O7/c1-23-13-5-3-11(9-17(19)20)7-15(13)25-16-8-12(10-18(21)22)4-6-14(16)24-2/h3-8H,9-10H2,1-2H3,(H,19,20)(H,21,22). The Hall–Kier alpha value is -3.22. The summed E-state index contributed by atoms with van der Waals surface area (Å²) in [7, 11) is 2.94. The minimum Gasteiger partial charge on any atom is -0.493 e. The summed E-state index contributed by atoms with van der Waals surface area (Å²) in [6.45, 7) is 0. The van der Waals surface area contributed by atoms with Gasteiger partial charge in [-0.15, -0.1) is 0 Å². The number of carboxylic acid groups (broad SMARTS) is 2. The van der Waals surface area contributed by atoms with E-state index in [1.54, 1.807) is 36.4 Å². The Morgan fingerprint density at radius 1 is 0.760 bits per heavy atom. The predicted molar refractivity (Wildman–Crippen MR) is 88.7 cm³/mol. The van der Waals surface area contributed by atoms with Crippen LogP contribution in [0.3, 0.4) is 0 Å². The van der Waals surface area contributed by atoms with E-state index in [0.29, 0.717) is 34.1 Å².